The zero-order valence-electron chi connectivity index (χ0n) is 3.01. The quantitative estimate of drug-likeness (QED) is 0.281. The molecule has 1 nitrogen and oxygen atoms in total. The van der Waals surface area contributed by atoms with Crippen LogP contribution in [0.3, 0.4) is 0 Å². The maximum Gasteiger partial charge on any atom is 0.384 e. The predicted molar refractivity (Wildman–Crippen MR) is 13.0 cm³/mol. The summed E-state index contributed by atoms with van der Waals surface area (Å²) in [6.07, 6.45) is 0. The van der Waals surface area contributed by atoms with Gasteiger partial charge in [0.15, 0.2) is 0 Å². The van der Waals surface area contributed by atoms with Crippen LogP contribution >= 0.6 is 0 Å². The number of hydrogen-bond donors (Lipinski definition) is 1. The van der Waals surface area contributed by atoms with E-state index in [1.165, 1.54) is 0 Å². The third-order valence-corrected chi connectivity index (χ3v) is 0.646. The highest BCUT2D eigenvalue weighted by Crippen LogP contribution is 2.43. The van der Waals surface area contributed by atoms with Crippen molar-refractivity contribution in [1.82, 2.24) is 5.32 Å². The van der Waals surface area contributed by atoms with Gasteiger partial charge in [-0.1, -0.05) is 0 Å². The van der Waals surface area contributed by atoms with Crippen molar-refractivity contribution < 1.29 is 17.6 Å². The van der Waals surface area contributed by atoms with Crippen molar-refractivity contribution in [1.29, 1.82) is 0 Å². The fraction of sp³-hybridized carbons (Fsp3) is 1.00. The van der Waals surface area contributed by atoms with Crippen molar-refractivity contribution in [2.24, 2.45) is 0 Å². The minimum Gasteiger partial charge on any atom is -0.184 e. The smallest absolute Gasteiger partial charge is 0.184 e. The second kappa shape index (κ2) is 0.774. The van der Waals surface area contributed by atoms with Gasteiger partial charge in [0, 0.05) is 0 Å². The van der Waals surface area contributed by atoms with E-state index in [2.05, 4.69) is 0 Å². The Morgan fingerprint density at radius 2 is 1.00 bits per heavy atom. The van der Waals surface area contributed by atoms with Crippen molar-refractivity contribution in [3.05, 3.63) is 0 Å². The molecule has 0 atom stereocenters. The molecule has 0 bridgehead atoms. The largest absolute Gasteiger partial charge is 0.384 e. The number of rotatable bonds is 0. The number of hydrogen-bond acceptors (Lipinski definition) is 1. The second-order valence-corrected chi connectivity index (χ2v) is 1.27. The Morgan fingerprint density at radius 1 is 0.857 bits per heavy atom. The van der Waals surface area contributed by atoms with E-state index in [9.17, 15) is 17.6 Å². The van der Waals surface area contributed by atoms with Gasteiger partial charge in [-0.3, -0.25) is 0 Å². The molecule has 0 aromatic carbocycles. The van der Waals surface area contributed by atoms with Crippen molar-refractivity contribution in [2.45, 2.75) is 12.1 Å². The van der Waals surface area contributed by atoms with Crippen LogP contribution in [0.4, 0.5) is 17.6 Å². The standard InChI is InChI=1S/C2HF4N/c3-1(4)2(5,6)7-1/h7H. The molecule has 5 heteroatoms. The zero-order valence-corrected chi connectivity index (χ0v) is 3.01. The Bertz CT molecular complexity index is 85.9. The Labute approximate surface area is 36.3 Å². The maximum atomic E-state index is 11.0. The van der Waals surface area contributed by atoms with E-state index in [0.717, 1.165) is 0 Å². The lowest BCUT2D eigenvalue weighted by Crippen LogP contribution is -2.02. The van der Waals surface area contributed by atoms with Gasteiger partial charge < -0.3 is 0 Å². The van der Waals surface area contributed by atoms with Crippen LogP contribution in [0.25, 0.3) is 0 Å². The van der Waals surface area contributed by atoms with E-state index in [1.54, 1.807) is 0 Å². The SMILES string of the molecule is FC1(F)NC1(F)F. The van der Waals surface area contributed by atoms with Gasteiger partial charge in [0.1, 0.15) is 0 Å². The predicted octanol–water partition coefficient (Wildman–Crippen LogP) is 0.775. The summed E-state index contributed by atoms with van der Waals surface area (Å²) >= 11 is 0. The molecule has 1 saturated heterocycles. The second-order valence-electron chi connectivity index (χ2n) is 1.27. The first kappa shape index (κ1) is 4.83. The molecule has 0 aliphatic carbocycles. The first-order valence-electron chi connectivity index (χ1n) is 1.51. The van der Waals surface area contributed by atoms with E-state index >= 15 is 0 Å². The molecular weight excluding hydrogens is 114 g/mol. The summed E-state index contributed by atoms with van der Waals surface area (Å²) in [6, 6.07) is -7.88. The van der Waals surface area contributed by atoms with Crippen molar-refractivity contribution in [3.63, 3.8) is 0 Å². The summed E-state index contributed by atoms with van der Waals surface area (Å²) in [5.74, 6) is 0. The lowest BCUT2D eigenvalue weighted by atomic mass is 10.8. The minimum atomic E-state index is -3.94. The summed E-state index contributed by atoms with van der Waals surface area (Å²) in [7, 11) is 0. The van der Waals surface area contributed by atoms with E-state index in [0.29, 0.717) is 5.32 Å². The summed E-state index contributed by atoms with van der Waals surface area (Å²) in [5.41, 5.74) is 0. The third kappa shape index (κ3) is 0.478. The fourth-order valence-corrected chi connectivity index (χ4v) is 0.166. The monoisotopic (exact) mass is 115 g/mol. The molecule has 0 spiro atoms. The molecule has 1 heterocycles. The lowest BCUT2D eigenvalue weighted by molar-refractivity contribution is -0.0278. The molecule has 0 aromatic rings. The highest BCUT2D eigenvalue weighted by atomic mass is 19.3. The molecular formula is C2HF4N. The van der Waals surface area contributed by atoms with E-state index < -0.39 is 12.1 Å². The Balaban J connectivity index is 2.59. The molecule has 0 saturated carbocycles. The maximum absolute atomic E-state index is 11.0. The first-order chi connectivity index (χ1) is 2.96. The molecule has 42 valence electrons. The van der Waals surface area contributed by atoms with Crippen molar-refractivity contribution >= 4 is 0 Å². The van der Waals surface area contributed by atoms with Gasteiger partial charge in [-0.15, -0.1) is 0 Å². The first-order valence-corrected chi connectivity index (χ1v) is 1.51. The van der Waals surface area contributed by atoms with Crippen LogP contribution in [-0.4, -0.2) is 12.1 Å². The average molecular weight is 115 g/mol. The molecule has 0 unspecified atom stereocenters. The molecule has 0 amide bonds. The summed E-state index contributed by atoms with van der Waals surface area (Å²) in [5, 5.41) is 0.681. The van der Waals surface area contributed by atoms with Gasteiger partial charge in [0.05, 0.1) is 0 Å². The molecule has 7 heavy (non-hydrogen) atoms. The van der Waals surface area contributed by atoms with E-state index in [4.69, 9.17) is 0 Å². The Morgan fingerprint density at radius 3 is 1.00 bits per heavy atom. The molecule has 1 rings (SSSR count). The van der Waals surface area contributed by atoms with Crippen LogP contribution in [0.5, 0.6) is 0 Å². The van der Waals surface area contributed by atoms with Gasteiger partial charge in [-0.2, -0.15) is 22.9 Å². The van der Waals surface area contributed by atoms with E-state index in [1.807, 2.05) is 0 Å². The molecule has 1 fully saturated rings. The molecule has 0 radical (unpaired) electrons. The highest BCUT2D eigenvalue weighted by Gasteiger charge is 2.75. The lowest BCUT2D eigenvalue weighted by Gasteiger charge is -1.83. The Kier molecular flexibility index (Phi) is 0.534. The summed E-state index contributed by atoms with van der Waals surface area (Å²) < 4.78 is 44.2. The van der Waals surface area contributed by atoms with Gasteiger partial charge >= 0.3 is 12.1 Å². The molecule has 0 aromatic heterocycles. The van der Waals surface area contributed by atoms with Crippen molar-refractivity contribution in [3.8, 4) is 0 Å². The van der Waals surface area contributed by atoms with Crippen LogP contribution in [0.15, 0.2) is 0 Å². The minimum absolute atomic E-state index is 0.681. The van der Waals surface area contributed by atoms with Crippen LogP contribution in [0.2, 0.25) is 0 Å². The van der Waals surface area contributed by atoms with Gasteiger partial charge in [-0.05, 0) is 0 Å². The van der Waals surface area contributed by atoms with Crippen molar-refractivity contribution in [2.75, 3.05) is 0 Å². The van der Waals surface area contributed by atoms with Gasteiger partial charge in [-0.25, -0.2) is 0 Å². The number of alkyl halides is 4. The molecule has 1 aliphatic rings. The summed E-state index contributed by atoms with van der Waals surface area (Å²) in [6.45, 7) is 0. The van der Waals surface area contributed by atoms with Crippen LogP contribution in [0.1, 0.15) is 0 Å². The molecule has 1 N–H and O–H groups in total. The highest BCUT2D eigenvalue weighted by molar-refractivity contribution is 4.97. The zero-order chi connectivity index (χ0) is 5.71. The number of nitrogens with one attached hydrogen (secondary N) is 1. The third-order valence-electron chi connectivity index (χ3n) is 0.646. The summed E-state index contributed by atoms with van der Waals surface area (Å²) in [4.78, 5) is 0. The normalized spacial score (nSPS) is 32.6. The van der Waals surface area contributed by atoms with Crippen LogP contribution < -0.4 is 5.32 Å². The average Bonchev–Trinajstić information content (AvgIpc) is 1.63. The fourth-order valence-electron chi connectivity index (χ4n) is 0.166. The number of halogens is 4. The van der Waals surface area contributed by atoms with Gasteiger partial charge in [0.25, 0.3) is 0 Å². The Hall–Kier alpha value is -0.320. The van der Waals surface area contributed by atoms with Crippen LogP contribution in [0, 0.1) is 0 Å². The molecule has 1 aliphatic heterocycles. The van der Waals surface area contributed by atoms with E-state index in [-0.39, 0.29) is 0 Å². The van der Waals surface area contributed by atoms with Crippen LogP contribution in [-0.2, 0) is 0 Å². The van der Waals surface area contributed by atoms with Gasteiger partial charge in [0.2, 0.25) is 0 Å². The topological polar surface area (TPSA) is 21.9 Å².